The molecule has 0 aliphatic heterocycles. The highest BCUT2D eigenvalue weighted by molar-refractivity contribution is 5.70. The van der Waals surface area contributed by atoms with Gasteiger partial charge in [0.15, 0.2) is 0 Å². The number of para-hydroxylation sites is 1. The van der Waals surface area contributed by atoms with Crippen molar-refractivity contribution >= 4 is 5.97 Å². The first-order valence-electron chi connectivity index (χ1n) is 5.46. The summed E-state index contributed by atoms with van der Waals surface area (Å²) in [5.41, 5.74) is 0.243. The highest BCUT2D eigenvalue weighted by Gasteiger charge is 2.33. The van der Waals surface area contributed by atoms with Crippen LogP contribution in [0.2, 0.25) is 0 Å². The summed E-state index contributed by atoms with van der Waals surface area (Å²) in [4.78, 5) is 11.2. The van der Waals surface area contributed by atoms with Crippen molar-refractivity contribution in [3.05, 3.63) is 29.8 Å². The van der Waals surface area contributed by atoms with Gasteiger partial charge in [0.2, 0.25) is 0 Å². The number of nitrogens with one attached hydrogen (secondary N) is 1. The van der Waals surface area contributed by atoms with E-state index in [-0.39, 0.29) is 17.7 Å². The molecule has 1 aromatic carbocycles. The van der Waals surface area contributed by atoms with E-state index in [1.807, 2.05) is 0 Å². The monoisotopic (exact) mass is 277 g/mol. The second kappa shape index (κ2) is 6.42. The fourth-order valence-electron chi connectivity index (χ4n) is 1.60. The Bertz CT molecular complexity index is 434. The number of halogens is 3. The number of ether oxygens (including phenoxy) is 2. The Balaban J connectivity index is 3.00. The smallest absolute Gasteiger partial charge is 0.469 e. The number of carbonyl (C=O) groups is 1. The molecule has 0 aromatic heterocycles. The number of alkyl halides is 3. The molecule has 1 rings (SSSR count). The molecule has 4 nitrogen and oxygen atoms in total. The van der Waals surface area contributed by atoms with Crippen LogP contribution >= 0.6 is 0 Å². The molecule has 7 heteroatoms. The molecule has 19 heavy (non-hydrogen) atoms. The van der Waals surface area contributed by atoms with Gasteiger partial charge >= 0.3 is 12.3 Å². The third-order valence-corrected chi connectivity index (χ3v) is 2.47. The van der Waals surface area contributed by atoms with Gasteiger partial charge in [0.05, 0.1) is 13.5 Å². The van der Waals surface area contributed by atoms with Crippen LogP contribution in [0.25, 0.3) is 0 Å². The molecular formula is C12H14F3NO3. The van der Waals surface area contributed by atoms with Crippen LogP contribution in [0, 0.1) is 0 Å². The Hall–Kier alpha value is -1.76. The average Bonchev–Trinajstić information content (AvgIpc) is 2.34. The van der Waals surface area contributed by atoms with Gasteiger partial charge < -0.3 is 14.8 Å². The van der Waals surface area contributed by atoms with Gasteiger partial charge in [-0.05, 0) is 13.1 Å². The van der Waals surface area contributed by atoms with E-state index in [2.05, 4.69) is 14.8 Å². The third-order valence-electron chi connectivity index (χ3n) is 2.47. The Labute approximate surface area is 108 Å². The Morgan fingerprint density at radius 1 is 1.37 bits per heavy atom. The lowest BCUT2D eigenvalue weighted by Gasteiger charge is -2.19. The van der Waals surface area contributed by atoms with E-state index < -0.39 is 18.4 Å². The highest BCUT2D eigenvalue weighted by atomic mass is 19.4. The summed E-state index contributed by atoms with van der Waals surface area (Å²) in [6, 6.07) is 5.04. The summed E-state index contributed by atoms with van der Waals surface area (Å²) in [5.74, 6) is -0.862. The van der Waals surface area contributed by atoms with Crippen LogP contribution < -0.4 is 10.1 Å². The highest BCUT2D eigenvalue weighted by Crippen LogP contribution is 2.31. The predicted molar refractivity (Wildman–Crippen MR) is 61.6 cm³/mol. The van der Waals surface area contributed by atoms with Crippen molar-refractivity contribution < 1.29 is 27.4 Å². The van der Waals surface area contributed by atoms with Crippen molar-refractivity contribution in [3.8, 4) is 5.75 Å². The minimum absolute atomic E-state index is 0.0920. The zero-order valence-electron chi connectivity index (χ0n) is 10.5. The van der Waals surface area contributed by atoms with E-state index in [9.17, 15) is 18.0 Å². The molecule has 1 N–H and O–H groups in total. The van der Waals surface area contributed by atoms with Gasteiger partial charge in [-0.1, -0.05) is 18.2 Å². The molecule has 0 amide bonds. The van der Waals surface area contributed by atoms with E-state index >= 15 is 0 Å². The molecular weight excluding hydrogens is 263 g/mol. The second-order valence-electron chi connectivity index (χ2n) is 3.71. The molecule has 1 aromatic rings. The maximum absolute atomic E-state index is 12.3. The molecule has 0 fully saturated rings. The van der Waals surface area contributed by atoms with Crippen molar-refractivity contribution in [3.63, 3.8) is 0 Å². The molecule has 0 saturated heterocycles. The summed E-state index contributed by atoms with van der Waals surface area (Å²) in [7, 11) is 2.76. The van der Waals surface area contributed by atoms with E-state index in [0.29, 0.717) is 0 Å². The topological polar surface area (TPSA) is 47.6 Å². The maximum Gasteiger partial charge on any atom is 0.573 e. The SMILES string of the molecule is CNC(CC(=O)OC)c1ccccc1OC(F)(F)F. The van der Waals surface area contributed by atoms with E-state index in [1.54, 1.807) is 6.07 Å². The quantitative estimate of drug-likeness (QED) is 0.840. The van der Waals surface area contributed by atoms with Gasteiger partial charge in [0.1, 0.15) is 5.75 Å². The standard InChI is InChI=1S/C12H14F3NO3/c1-16-9(7-11(17)18-2)8-5-3-4-6-10(8)19-12(13,14)15/h3-6,9,16H,7H2,1-2H3. The molecule has 0 bridgehead atoms. The first-order chi connectivity index (χ1) is 8.87. The third kappa shape index (κ3) is 4.78. The number of hydrogen-bond donors (Lipinski definition) is 1. The first-order valence-corrected chi connectivity index (χ1v) is 5.46. The number of methoxy groups -OCH3 is 1. The summed E-state index contributed by atoms with van der Waals surface area (Å²) in [5, 5.41) is 2.76. The van der Waals surface area contributed by atoms with Crippen LogP contribution in [0.5, 0.6) is 5.75 Å². The lowest BCUT2D eigenvalue weighted by atomic mass is 10.0. The van der Waals surface area contributed by atoms with Gasteiger partial charge in [-0.3, -0.25) is 4.79 Å². The summed E-state index contributed by atoms with van der Waals surface area (Å²) < 4.78 is 45.3. The van der Waals surface area contributed by atoms with Crippen LogP contribution in [0.1, 0.15) is 18.0 Å². The molecule has 0 radical (unpaired) electrons. The average molecular weight is 277 g/mol. The lowest BCUT2D eigenvalue weighted by molar-refractivity contribution is -0.275. The van der Waals surface area contributed by atoms with Gasteiger partial charge in [0.25, 0.3) is 0 Å². The zero-order valence-corrected chi connectivity index (χ0v) is 10.5. The molecule has 0 saturated carbocycles. The Kier molecular flexibility index (Phi) is 5.17. The molecule has 0 aliphatic carbocycles. The molecule has 106 valence electrons. The van der Waals surface area contributed by atoms with Crippen molar-refractivity contribution in [2.45, 2.75) is 18.8 Å². The molecule has 0 spiro atoms. The summed E-state index contributed by atoms with van der Waals surface area (Å²) in [6.07, 6.45) is -4.87. The predicted octanol–water partition coefficient (Wildman–Crippen LogP) is 2.41. The normalized spacial score (nSPS) is 12.9. The van der Waals surface area contributed by atoms with Crippen LogP contribution in [0.15, 0.2) is 24.3 Å². The van der Waals surface area contributed by atoms with Crippen molar-refractivity contribution in [2.75, 3.05) is 14.2 Å². The van der Waals surface area contributed by atoms with Crippen molar-refractivity contribution in [1.29, 1.82) is 0 Å². The number of rotatable bonds is 5. The van der Waals surface area contributed by atoms with Crippen molar-refractivity contribution in [2.24, 2.45) is 0 Å². The molecule has 0 heterocycles. The van der Waals surface area contributed by atoms with E-state index in [1.165, 1.54) is 32.4 Å². The van der Waals surface area contributed by atoms with Gasteiger partial charge in [0, 0.05) is 11.6 Å². The number of esters is 1. The van der Waals surface area contributed by atoms with Gasteiger partial charge in [-0.25, -0.2) is 0 Å². The number of hydrogen-bond acceptors (Lipinski definition) is 4. The van der Waals surface area contributed by atoms with Crippen LogP contribution in [-0.2, 0) is 9.53 Å². The minimum atomic E-state index is -4.78. The van der Waals surface area contributed by atoms with Gasteiger partial charge in [-0.2, -0.15) is 0 Å². The van der Waals surface area contributed by atoms with E-state index in [4.69, 9.17) is 0 Å². The Morgan fingerprint density at radius 2 is 2.00 bits per heavy atom. The van der Waals surface area contributed by atoms with Crippen LogP contribution in [0.4, 0.5) is 13.2 Å². The largest absolute Gasteiger partial charge is 0.573 e. The molecule has 1 unspecified atom stereocenters. The number of benzene rings is 1. The molecule has 0 aliphatic rings. The fourth-order valence-corrected chi connectivity index (χ4v) is 1.60. The lowest BCUT2D eigenvalue weighted by Crippen LogP contribution is -2.24. The summed E-state index contributed by atoms with van der Waals surface area (Å²) >= 11 is 0. The minimum Gasteiger partial charge on any atom is -0.469 e. The summed E-state index contributed by atoms with van der Waals surface area (Å²) in [6.45, 7) is 0. The second-order valence-corrected chi connectivity index (χ2v) is 3.71. The Morgan fingerprint density at radius 3 is 2.53 bits per heavy atom. The van der Waals surface area contributed by atoms with Gasteiger partial charge in [-0.15, -0.1) is 13.2 Å². The molecule has 1 atom stereocenters. The van der Waals surface area contributed by atoms with Crippen LogP contribution in [-0.4, -0.2) is 26.5 Å². The van der Waals surface area contributed by atoms with Crippen LogP contribution in [0.3, 0.4) is 0 Å². The fraction of sp³-hybridized carbons (Fsp3) is 0.417. The zero-order chi connectivity index (χ0) is 14.5. The first kappa shape index (κ1) is 15.3. The van der Waals surface area contributed by atoms with Crippen molar-refractivity contribution in [1.82, 2.24) is 5.32 Å². The maximum atomic E-state index is 12.3. The van der Waals surface area contributed by atoms with E-state index in [0.717, 1.165) is 0 Å². The number of carbonyl (C=O) groups excluding carboxylic acids is 1.